The van der Waals surface area contributed by atoms with Crippen molar-refractivity contribution in [1.82, 2.24) is 0 Å². The maximum absolute atomic E-state index is 11.9. The van der Waals surface area contributed by atoms with E-state index in [-0.39, 0.29) is 80.6 Å². The van der Waals surface area contributed by atoms with Crippen molar-refractivity contribution in [2.45, 2.75) is 372 Å². The van der Waals surface area contributed by atoms with Crippen molar-refractivity contribution in [2.24, 2.45) is 0 Å². The lowest BCUT2D eigenvalue weighted by Gasteiger charge is -2.28. The number of esters is 2. The Labute approximate surface area is 798 Å². The van der Waals surface area contributed by atoms with Gasteiger partial charge in [0.1, 0.15) is 45.7 Å². The Morgan fingerprint density at radius 2 is 0.474 bits per heavy atom. The number of rotatable bonds is 44. The number of phenolic OH excluding ortho intramolecular Hbond substituents is 6. The van der Waals surface area contributed by atoms with Crippen LogP contribution in [0.15, 0.2) is 133 Å². The standard InChI is InChI=1S/C43H56O4.C37H56O8.C35H52O6/c1-7-42(3,4)38-27-34(21-15-23-46-30-32-17-11-9-12-18-32)25-36(40(38)44)29-37-26-35(28-39(41(37)45)43(5,6)8-2)22-16-24-47-31-33-19-13-10-14-20-33;1-34(2,3)28-21-24(15-13-17-42-32(40)44-36(7,8)9)19-26(30(28)38)23-27-20-25(22-29(31(27)39)35(4,5)6)16-14-18-43-33(41)45-37(10,11)12;1-9-30(36)40-17-13-15-24-19-26(32(38)28(21-24)34(5,6)11-3)23-27-20-25(16-14-18-41-31(37)10-2)22-29(33(27)39)35(7,8)12-4/h9-14,17-20,25-28,44-45H,7-8,15-16,21-24,29-31H2,1-6H3;19-22,38-39H,13-18,23H2,1-12H3;19-22,38-39H,9-18,23H2,1-8H3. The summed E-state index contributed by atoms with van der Waals surface area (Å²) in [6.45, 7) is 56.2. The van der Waals surface area contributed by atoms with Gasteiger partial charge in [0.05, 0.1) is 39.6 Å². The lowest BCUT2D eigenvalue weighted by atomic mass is 9.78. The van der Waals surface area contributed by atoms with Crippen molar-refractivity contribution < 1.29 is 87.7 Å². The number of carbonyl (C=O) groups excluding carboxylic acids is 4. The van der Waals surface area contributed by atoms with Crippen molar-refractivity contribution >= 4 is 24.2 Å². The average Bonchev–Trinajstić information content (AvgIpc) is 0.775. The van der Waals surface area contributed by atoms with Crippen molar-refractivity contribution in [3.05, 3.63) is 245 Å². The van der Waals surface area contributed by atoms with Gasteiger partial charge in [0.15, 0.2) is 0 Å². The normalized spacial score (nSPS) is 12.2. The van der Waals surface area contributed by atoms with Gasteiger partial charge in [0.25, 0.3) is 0 Å². The van der Waals surface area contributed by atoms with Crippen molar-refractivity contribution in [3.8, 4) is 34.5 Å². The Kier molecular flexibility index (Phi) is 42.9. The molecule has 732 valence electrons. The molecule has 8 rings (SSSR count). The summed E-state index contributed by atoms with van der Waals surface area (Å²) in [4.78, 5) is 47.0. The molecule has 18 nitrogen and oxygen atoms in total. The molecule has 18 heteroatoms. The molecule has 0 heterocycles. The summed E-state index contributed by atoms with van der Waals surface area (Å²) in [5.41, 5.74) is 16.2. The lowest BCUT2D eigenvalue weighted by molar-refractivity contribution is -0.144. The molecule has 0 saturated carbocycles. The summed E-state index contributed by atoms with van der Waals surface area (Å²) in [5, 5.41) is 69.2. The highest BCUT2D eigenvalue weighted by Crippen LogP contribution is 2.46. The number of aryl methyl sites for hydroxylation is 6. The molecular formula is C115H164O18. The number of ether oxygens (including phenoxy) is 8. The number of carbonyl (C=O) groups is 4. The predicted molar refractivity (Wildman–Crippen MR) is 537 cm³/mol. The number of aromatic hydroxyl groups is 6. The molecule has 0 radical (unpaired) electrons. The van der Waals surface area contributed by atoms with E-state index < -0.39 is 23.5 Å². The highest BCUT2D eigenvalue weighted by molar-refractivity contribution is 5.69. The average molecular weight is 1830 g/mol. The summed E-state index contributed by atoms with van der Waals surface area (Å²) in [5.74, 6) is 1.25. The minimum atomic E-state index is -0.689. The largest absolute Gasteiger partial charge is 0.508 e. The van der Waals surface area contributed by atoms with Crippen LogP contribution in [0.5, 0.6) is 34.5 Å². The van der Waals surface area contributed by atoms with Crippen molar-refractivity contribution in [2.75, 3.05) is 39.6 Å². The van der Waals surface area contributed by atoms with Crippen LogP contribution in [0.3, 0.4) is 0 Å². The third-order valence-electron chi connectivity index (χ3n) is 25.2. The molecule has 0 aromatic heterocycles. The molecule has 8 aromatic carbocycles. The van der Waals surface area contributed by atoms with E-state index in [1.807, 2.05) is 72.8 Å². The van der Waals surface area contributed by atoms with E-state index in [1.165, 1.54) is 22.3 Å². The van der Waals surface area contributed by atoms with Gasteiger partial charge in [-0.1, -0.05) is 272 Å². The van der Waals surface area contributed by atoms with Crippen LogP contribution in [0, 0.1) is 0 Å². The molecule has 0 saturated heterocycles. The van der Waals surface area contributed by atoms with Gasteiger partial charge in [-0.15, -0.1) is 0 Å². The summed E-state index contributed by atoms with van der Waals surface area (Å²) in [6, 6.07) is 45.3. The number of hydrogen-bond acceptors (Lipinski definition) is 18. The summed E-state index contributed by atoms with van der Waals surface area (Å²) < 4.78 is 43.5. The minimum absolute atomic E-state index is 0.183. The molecule has 0 aliphatic heterocycles. The number of hydrogen-bond donors (Lipinski definition) is 6. The van der Waals surface area contributed by atoms with Crippen molar-refractivity contribution in [1.29, 1.82) is 0 Å². The zero-order valence-electron chi connectivity index (χ0n) is 85.8. The molecule has 0 aliphatic carbocycles. The Balaban J connectivity index is 0.000000308. The maximum Gasteiger partial charge on any atom is 0.508 e. The summed E-state index contributed by atoms with van der Waals surface area (Å²) in [6.07, 6.45) is 12.8. The molecule has 0 bridgehead atoms. The molecule has 0 amide bonds. The fraction of sp³-hybridized carbons (Fsp3) is 0.548. The zero-order chi connectivity index (χ0) is 99.0. The highest BCUT2D eigenvalue weighted by Gasteiger charge is 2.33. The molecule has 0 atom stereocenters. The lowest BCUT2D eigenvalue weighted by Crippen LogP contribution is -2.24. The van der Waals surface area contributed by atoms with Gasteiger partial charge < -0.3 is 68.5 Å². The van der Waals surface area contributed by atoms with E-state index in [0.717, 1.165) is 129 Å². The van der Waals surface area contributed by atoms with Crippen molar-refractivity contribution in [3.63, 3.8) is 0 Å². The van der Waals surface area contributed by atoms with Crippen LogP contribution in [0.4, 0.5) is 9.59 Å². The zero-order valence-corrected chi connectivity index (χ0v) is 85.8. The first-order valence-electron chi connectivity index (χ1n) is 48.7. The third kappa shape index (κ3) is 36.3. The monoisotopic (exact) mass is 1830 g/mol. The van der Waals surface area contributed by atoms with Gasteiger partial charge in [0.2, 0.25) is 0 Å². The maximum atomic E-state index is 11.9. The first kappa shape index (κ1) is 112. The van der Waals surface area contributed by atoms with Crippen LogP contribution in [-0.2, 0) is 151 Å². The van der Waals surface area contributed by atoms with E-state index in [1.54, 1.807) is 55.4 Å². The SMILES string of the molecule is CC(C)(C)OC(=O)OCCCc1cc(Cc2cc(CCCOC(=O)OC(C)(C)C)cc(C(C)(C)C)c2O)c(O)c(C(C)(C)C)c1.CCC(=O)OCCCc1cc(Cc2cc(CCCOC(=O)CC)cc(C(C)(C)CC)c2O)c(O)c(C(C)(C)CC)c1.CCC(C)(C)c1cc(CCCOCc2ccccc2)cc(Cc2cc(CCCOCc3ccccc3)cc(C(C)(C)CC)c2O)c1O. The molecule has 8 aromatic rings. The number of phenols is 6. The van der Waals surface area contributed by atoms with E-state index in [0.29, 0.717) is 146 Å². The minimum Gasteiger partial charge on any atom is -0.507 e. The quantitative estimate of drug-likeness (QED) is 0.0118. The summed E-state index contributed by atoms with van der Waals surface area (Å²) >= 11 is 0. The van der Waals surface area contributed by atoms with Gasteiger partial charge in [-0.3, -0.25) is 9.59 Å². The Morgan fingerprint density at radius 3 is 0.684 bits per heavy atom. The first-order chi connectivity index (χ1) is 62.3. The Hall–Kier alpha value is -10.0. The molecule has 133 heavy (non-hydrogen) atoms. The smallest absolute Gasteiger partial charge is 0.507 e. The van der Waals surface area contributed by atoms with Gasteiger partial charge in [-0.25, -0.2) is 9.59 Å². The van der Waals surface area contributed by atoms with E-state index in [4.69, 9.17) is 37.9 Å². The highest BCUT2D eigenvalue weighted by atomic mass is 16.7. The van der Waals surface area contributed by atoms with E-state index in [9.17, 15) is 49.8 Å². The first-order valence-corrected chi connectivity index (χ1v) is 48.7. The molecule has 0 unspecified atom stereocenters. The van der Waals surface area contributed by atoms with Gasteiger partial charge in [0, 0.05) is 67.6 Å². The molecule has 0 fully saturated rings. The topological polar surface area (TPSA) is 263 Å². The molecule has 0 spiro atoms. The van der Waals surface area contributed by atoms with Crippen LogP contribution in [-0.4, -0.2) is 106 Å². The van der Waals surface area contributed by atoms with E-state index in [2.05, 4.69) is 185 Å². The fourth-order valence-corrected chi connectivity index (χ4v) is 15.7. The second kappa shape index (κ2) is 51.1. The van der Waals surface area contributed by atoms with Crippen LogP contribution in [0.25, 0.3) is 0 Å². The fourth-order valence-electron chi connectivity index (χ4n) is 15.7. The van der Waals surface area contributed by atoms with Crippen LogP contribution < -0.4 is 0 Å². The van der Waals surface area contributed by atoms with Gasteiger partial charge >= 0.3 is 24.2 Å². The molecule has 6 N–H and O–H groups in total. The van der Waals surface area contributed by atoms with E-state index >= 15 is 0 Å². The van der Waals surface area contributed by atoms with Crippen LogP contribution in [0.1, 0.15) is 368 Å². The number of benzene rings is 8. The second-order valence-corrected chi connectivity index (χ2v) is 42.4. The molecular weight excluding hydrogens is 1670 g/mol. The van der Waals surface area contributed by atoms with Gasteiger partial charge in [-0.2, -0.15) is 0 Å². The molecule has 0 aliphatic rings. The summed E-state index contributed by atoms with van der Waals surface area (Å²) in [7, 11) is 0. The Morgan fingerprint density at radius 1 is 0.263 bits per heavy atom. The van der Waals surface area contributed by atoms with Crippen LogP contribution >= 0.6 is 0 Å². The third-order valence-corrected chi connectivity index (χ3v) is 25.2. The second-order valence-electron chi connectivity index (χ2n) is 42.4. The predicted octanol–water partition coefficient (Wildman–Crippen LogP) is 27.3. The Bertz CT molecular complexity index is 4710. The van der Waals surface area contributed by atoms with Gasteiger partial charge in [-0.05, 0) is 266 Å². The van der Waals surface area contributed by atoms with Crippen LogP contribution in [0.2, 0.25) is 0 Å².